The number of esters is 1. The topological polar surface area (TPSA) is 68.3 Å². The molecule has 22 heavy (non-hydrogen) atoms. The van der Waals surface area contributed by atoms with E-state index in [1.165, 1.54) is 12.3 Å². The minimum atomic E-state index is -0.821. The maximum Gasteiger partial charge on any atom is 0.340 e. The molecule has 0 saturated heterocycles. The second kappa shape index (κ2) is 6.75. The summed E-state index contributed by atoms with van der Waals surface area (Å²) < 4.78 is 30.7. The lowest BCUT2D eigenvalue weighted by Crippen LogP contribution is -2.21. The van der Waals surface area contributed by atoms with Crippen LogP contribution in [0.5, 0.6) is 0 Å². The van der Waals surface area contributed by atoms with Crippen LogP contribution >= 0.6 is 0 Å². The molecule has 5 nitrogen and oxygen atoms in total. The number of rotatable bonds is 4. The van der Waals surface area contributed by atoms with Gasteiger partial charge in [-0.15, -0.1) is 0 Å². The molecule has 0 aliphatic heterocycles. The average molecular weight is 306 g/mol. The number of amides is 1. The Labute approximate surface area is 124 Å². The van der Waals surface area contributed by atoms with Crippen molar-refractivity contribution < 1.29 is 23.1 Å². The van der Waals surface area contributed by atoms with Gasteiger partial charge in [0.05, 0.1) is 5.56 Å². The Morgan fingerprint density at radius 1 is 1.18 bits per heavy atom. The van der Waals surface area contributed by atoms with E-state index < -0.39 is 30.1 Å². The van der Waals surface area contributed by atoms with Crippen molar-refractivity contribution in [1.29, 1.82) is 0 Å². The summed E-state index contributed by atoms with van der Waals surface area (Å²) in [4.78, 5) is 27.2. The molecular formula is C15H12F2N2O3. The van der Waals surface area contributed by atoms with Gasteiger partial charge in [-0.05, 0) is 31.2 Å². The molecule has 114 valence electrons. The summed E-state index contributed by atoms with van der Waals surface area (Å²) in [5.74, 6) is -3.07. The number of halogens is 2. The van der Waals surface area contributed by atoms with E-state index in [9.17, 15) is 18.4 Å². The van der Waals surface area contributed by atoms with Gasteiger partial charge in [0.2, 0.25) is 0 Å². The highest BCUT2D eigenvalue weighted by atomic mass is 19.1. The van der Waals surface area contributed by atoms with Crippen molar-refractivity contribution in [3.8, 4) is 0 Å². The number of aromatic nitrogens is 1. The molecule has 1 N–H and O–H groups in total. The Bertz CT molecular complexity index is 682. The summed E-state index contributed by atoms with van der Waals surface area (Å²) in [6.45, 7) is 1.19. The fraction of sp³-hybridized carbons (Fsp3) is 0.133. The number of anilines is 1. The van der Waals surface area contributed by atoms with Crippen LogP contribution in [0.15, 0.2) is 36.5 Å². The molecule has 0 fully saturated rings. The third-order valence-electron chi connectivity index (χ3n) is 2.63. The molecule has 2 rings (SSSR count). The first-order valence-corrected chi connectivity index (χ1v) is 6.30. The number of aryl methyl sites for hydroxylation is 1. The van der Waals surface area contributed by atoms with Crippen LogP contribution in [0.1, 0.15) is 16.1 Å². The molecule has 2 aromatic rings. The molecule has 0 aliphatic carbocycles. The van der Waals surface area contributed by atoms with Crippen molar-refractivity contribution in [3.63, 3.8) is 0 Å². The molecule has 0 spiro atoms. The first-order chi connectivity index (χ1) is 10.4. The summed E-state index contributed by atoms with van der Waals surface area (Å²) in [6, 6.07) is 5.73. The average Bonchev–Trinajstić information content (AvgIpc) is 2.44. The monoisotopic (exact) mass is 306 g/mol. The van der Waals surface area contributed by atoms with Crippen LogP contribution in [0.25, 0.3) is 0 Å². The Morgan fingerprint density at radius 3 is 2.45 bits per heavy atom. The van der Waals surface area contributed by atoms with Crippen LogP contribution in [0.2, 0.25) is 0 Å². The van der Waals surface area contributed by atoms with E-state index in [0.29, 0.717) is 6.07 Å². The third kappa shape index (κ3) is 4.34. The first-order valence-electron chi connectivity index (χ1n) is 6.30. The summed E-state index contributed by atoms with van der Waals surface area (Å²) in [6.07, 6.45) is 1.33. The molecule has 0 aliphatic rings. The maximum absolute atomic E-state index is 13.0. The van der Waals surface area contributed by atoms with Gasteiger partial charge < -0.3 is 10.1 Å². The SMILES string of the molecule is Cc1ccc(C(=O)OCC(=O)Nc2cc(F)cc(F)c2)cn1. The van der Waals surface area contributed by atoms with Crippen LogP contribution in [-0.4, -0.2) is 23.5 Å². The molecule has 1 heterocycles. The number of ether oxygens (including phenoxy) is 1. The molecule has 0 unspecified atom stereocenters. The lowest BCUT2D eigenvalue weighted by molar-refractivity contribution is -0.119. The quantitative estimate of drug-likeness (QED) is 0.881. The zero-order valence-corrected chi connectivity index (χ0v) is 11.6. The highest BCUT2D eigenvalue weighted by molar-refractivity contribution is 5.95. The lowest BCUT2D eigenvalue weighted by Gasteiger charge is -2.07. The van der Waals surface area contributed by atoms with Gasteiger partial charge in [0.15, 0.2) is 6.61 Å². The maximum atomic E-state index is 13.0. The molecule has 0 atom stereocenters. The smallest absolute Gasteiger partial charge is 0.340 e. The van der Waals surface area contributed by atoms with Crippen molar-refractivity contribution in [1.82, 2.24) is 4.98 Å². The van der Waals surface area contributed by atoms with E-state index in [2.05, 4.69) is 10.3 Å². The van der Waals surface area contributed by atoms with Gasteiger partial charge in [-0.2, -0.15) is 0 Å². The predicted molar refractivity (Wildman–Crippen MR) is 74.2 cm³/mol. The number of hydrogen-bond acceptors (Lipinski definition) is 4. The zero-order chi connectivity index (χ0) is 16.1. The van der Waals surface area contributed by atoms with Crippen molar-refractivity contribution in [2.24, 2.45) is 0 Å². The summed E-state index contributed by atoms with van der Waals surface area (Å²) in [5, 5.41) is 2.23. The minimum Gasteiger partial charge on any atom is -0.452 e. The van der Waals surface area contributed by atoms with Crippen LogP contribution in [-0.2, 0) is 9.53 Å². The number of nitrogens with zero attached hydrogens (tertiary/aromatic N) is 1. The molecular weight excluding hydrogens is 294 g/mol. The minimum absolute atomic E-state index is 0.0597. The van der Waals surface area contributed by atoms with Crippen LogP contribution in [0, 0.1) is 18.6 Å². The third-order valence-corrected chi connectivity index (χ3v) is 2.63. The van der Waals surface area contributed by atoms with E-state index in [4.69, 9.17) is 4.74 Å². The van der Waals surface area contributed by atoms with Gasteiger partial charge in [-0.3, -0.25) is 9.78 Å². The number of pyridine rings is 1. The van der Waals surface area contributed by atoms with Crippen molar-refractivity contribution in [2.75, 3.05) is 11.9 Å². The second-order valence-corrected chi connectivity index (χ2v) is 4.47. The summed E-state index contributed by atoms with van der Waals surface area (Å²) >= 11 is 0. The predicted octanol–water partition coefficient (Wildman–Crippen LogP) is 2.46. The van der Waals surface area contributed by atoms with Crippen LogP contribution < -0.4 is 5.32 Å². The zero-order valence-electron chi connectivity index (χ0n) is 11.6. The number of nitrogens with one attached hydrogen (secondary N) is 1. The van der Waals surface area contributed by atoms with E-state index >= 15 is 0 Å². The van der Waals surface area contributed by atoms with Crippen molar-refractivity contribution in [2.45, 2.75) is 6.92 Å². The number of carbonyl (C=O) groups excluding carboxylic acids is 2. The van der Waals surface area contributed by atoms with Gasteiger partial charge in [-0.1, -0.05) is 0 Å². The van der Waals surface area contributed by atoms with Gasteiger partial charge in [0, 0.05) is 23.6 Å². The summed E-state index contributed by atoms with van der Waals surface area (Å²) in [5.41, 5.74) is 0.883. The second-order valence-electron chi connectivity index (χ2n) is 4.47. The summed E-state index contributed by atoms with van der Waals surface area (Å²) in [7, 11) is 0. The largest absolute Gasteiger partial charge is 0.452 e. The van der Waals surface area contributed by atoms with Crippen LogP contribution in [0.4, 0.5) is 14.5 Å². The molecule has 1 aromatic carbocycles. The molecule has 0 bridgehead atoms. The van der Waals surface area contributed by atoms with Crippen LogP contribution in [0.3, 0.4) is 0 Å². The van der Waals surface area contributed by atoms with E-state index in [0.717, 1.165) is 17.8 Å². The van der Waals surface area contributed by atoms with Crippen molar-refractivity contribution in [3.05, 3.63) is 59.4 Å². The normalized spacial score (nSPS) is 10.1. The first kappa shape index (κ1) is 15.6. The molecule has 1 amide bonds. The van der Waals surface area contributed by atoms with E-state index in [1.807, 2.05) is 0 Å². The number of carbonyl (C=O) groups is 2. The molecule has 0 radical (unpaired) electrons. The fourth-order valence-corrected chi connectivity index (χ4v) is 1.63. The molecule has 1 aromatic heterocycles. The molecule has 7 heteroatoms. The molecule has 0 saturated carbocycles. The van der Waals surface area contributed by atoms with Gasteiger partial charge >= 0.3 is 5.97 Å². The van der Waals surface area contributed by atoms with E-state index in [-0.39, 0.29) is 11.3 Å². The number of benzene rings is 1. The van der Waals surface area contributed by atoms with Gasteiger partial charge in [0.25, 0.3) is 5.91 Å². The van der Waals surface area contributed by atoms with Gasteiger partial charge in [0.1, 0.15) is 11.6 Å². The van der Waals surface area contributed by atoms with Crippen molar-refractivity contribution >= 4 is 17.6 Å². The lowest BCUT2D eigenvalue weighted by atomic mass is 10.2. The van der Waals surface area contributed by atoms with Gasteiger partial charge in [-0.25, -0.2) is 13.6 Å². The highest BCUT2D eigenvalue weighted by Gasteiger charge is 2.11. The number of hydrogen-bond donors (Lipinski definition) is 1. The fourth-order valence-electron chi connectivity index (χ4n) is 1.63. The Morgan fingerprint density at radius 2 is 1.86 bits per heavy atom. The Balaban J connectivity index is 1.89. The van der Waals surface area contributed by atoms with E-state index in [1.54, 1.807) is 13.0 Å². The highest BCUT2D eigenvalue weighted by Crippen LogP contribution is 2.12. The Kier molecular flexibility index (Phi) is 4.77. The standard InChI is InChI=1S/C15H12F2N2O3/c1-9-2-3-10(7-18-9)15(21)22-8-14(20)19-13-5-11(16)4-12(17)6-13/h2-7H,8H2,1H3,(H,19,20). The Hall–Kier alpha value is -2.83.